The fourth-order valence-corrected chi connectivity index (χ4v) is 8.33. The molecule has 4 aromatic rings. The number of ether oxygens (including phenoxy) is 3. The Bertz CT molecular complexity index is 1850. The lowest BCUT2D eigenvalue weighted by Gasteiger charge is -2.24. The van der Waals surface area contributed by atoms with Gasteiger partial charge in [-0.1, -0.05) is 47.7 Å². The van der Waals surface area contributed by atoms with E-state index in [4.69, 9.17) is 19.2 Å². The van der Waals surface area contributed by atoms with Gasteiger partial charge in [0.05, 0.1) is 32.6 Å². The fourth-order valence-electron chi connectivity index (χ4n) is 4.47. The minimum Gasteiger partial charge on any atom is -0.480 e. The van der Waals surface area contributed by atoms with Crippen molar-refractivity contribution in [3.63, 3.8) is 0 Å². The highest BCUT2D eigenvalue weighted by molar-refractivity contribution is 14.1. The van der Waals surface area contributed by atoms with Crippen molar-refractivity contribution in [2.24, 2.45) is 4.99 Å². The number of benzene rings is 2. The minimum absolute atomic E-state index is 0.186. The molecule has 2 aromatic carbocycles. The highest BCUT2D eigenvalue weighted by Crippen LogP contribution is 2.37. The van der Waals surface area contributed by atoms with Gasteiger partial charge in [0, 0.05) is 19.6 Å². The Hall–Kier alpha value is -2.82. The van der Waals surface area contributed by atoms with Crippen LogP contribution in [0.2, 0.25) is 0 Å². The second-order valence-corrected chi connectivity index (χ2v) is 13.2. The number of esters is 2. The number of thiophene rings is 1. The summed E-state index contributed by atoms with van der Waals surface area (Å²) in [5, 5.41) is 1.91. The van der Waals surface area contributed by atoms with Crippen molar-refractivity contribution in [1.82, 2.24) is 4.57 Å². The summed E-state index contributed by atoms with van der Waals surface area (Å²) in [7, 11) is 0. The fraction of sp³-hybridized carbons (Fsp3) is 0.200. The van der Waals surface area contributed by atoms with Gasteiger partial charge in [-0.25, -0.2) is 14.6 Å². The predicted octanol–water partition coefficient (Wildman–Crippen LogP) is 5.15. The Morgan fingerprint density at radius 1 is 1.05 bits per heavy atom. The topological polar surface area (TPSA) is 96.2 Å². The molecule has 0 unspecified atom stereocenters. The second-order valence-electron chi connectivity index (χ2n) is 8.85. The van der Waals surface area contributed by atoms with E-state index in [-0.39, 0.29) is 25.4 Å². The van der Waals surface area contributed by atoms with Crippen molar-refractivity contribution in [2.45, 2.75) is 19.9 Å². The molecule has 216 valence electrons. The molecule has 1 aliphatic rings. The van der Waals surface area contributed by atoms with Crippen LogP contribution < -0.4 is 19.6 Å². The van der Waals surface area contributed by atoms with Crippen LogP contribution in [-0.2, 0) is 19.1 Å². The summed E-state index contributed by atoms with van der Waals surface area (Å²) in [6.07, 6.45) is 1.75. The Kier molecular flexibility index (Phi) is 9.96. The maximum atomic E-state index is 14.1. The zero-order valence-corrected chi connectivity index (χ0v) is 28.4. The molecular weight excluding hydrogens is 802 g/mol. The Balaban J connectivity index is 1.73. The highest BCUT2D eigenvalue weighted by atomic mass is 127. The molecule has 0 aliphatic carbocycles. The summed E-state index contributed by atoms with van der Waals surface area (Å²) >= 11 is 7.04. The van der Waals surface area contributed by atoms with Gasteiger partial charge in [-0.2, -0.15) is 0 Å². The SMILES string of the molecule is CCOC(=O)COc1c(I)cc(I)cc1/C=c1\sc2n(c1=O)[C@H](c1cccs1)C(C(=O)OCC)=C(c1ccccc1)N=2. The maximum Gasteiger partial charge on any atom is 0.344 e. The van der Waals surface area contributed by atoms with Crippen LogP contribution >= 0.6 is 67.9 Å². The van der Waals surface area contributed by atoms with E-state index in [0.717, 1.165) is 17.6 Å². The molecule has 12 heteroatoms. The van der Waals surface area contributed by atoms with Crippen molar-refractivity contribution in [3.8, 4) is 5.75 Å². The zero-order chi connectivity index (χ0) is 29.8. The van der Waals surface area contributed by atoms with E-state index in [9.17, 15) is 14.4 Å². The van der Waals surface area contributed by atoms with Crippen LogP contribution in [0.4, 0.5) is 0 Å². The van der Waals surface area contributed by atoms with Crippen molar-refractivity contribution < 1.29 is 23.8 Å². The van der Waals surface area contributed by atoms with Crippen molar-refractivity contribution in [2.75, 3.05) is 19.8 Å². The van der Waals surface area contributed by atoms with E-state index in [0.29, 0.717) is 31.9 Å². The molecule has 0 fully saturated rings. The highest BCUT2D eigenvalue weighted by Gasteiger charge is 2.35. The van der Waals surface area contributed by atoms with Gasteiger partial charge >= 0.3 is 11.9 Å². The molecule has 0 amide bonds. The predicted molar refractivity (Wildman–Crippen MR) is 179 cm³/mol. The summed E-state index contributed by atoms with van der Waals surface area (Å²) in [6, 6.07) is 16.3. The van der Waals surface area contributed by atoms with E-state index in [1.54, 1.807) is 24.5 Å². The minimum atomic E-state index is -0.715. The average molecular weight is 826 g/mol. The molecule has 8 nitrogen and oxygen atoms in total. The first-order valence-corrected chi connectivity index (χ1v) is 16.8. The van der Waals surface area contributed by atoms with Gasteiger partial charge in [-0.3, -0.25) is 9.36 Å². The van der Waals surface area contributed by atoms with Crippen LogP contribution in [0.1, 0.15) is 35.9 Å². The number of fused-ring (bicyclic) bond motifs is 1. The first-order valence-electron chi connectivity index (χ1n) is 12.9. The molecule has 1 aliphatic heterocycles. The Morgan fingerprint density at radius 2 is 1.81 bits per heavy atom. The van der Waals surface area contributed by atoms with Crippen LogP contribution in [0.5, 0.6) is 5.75 Å². The van der Waals surface area contributed by atoms with E-state index >= 15 is 0 Å². The number of carbonyl (C=O) groups excluding carboxylic acids is 2. The third kappa shape index (κ3) is 6.40. The molecule has 0 bridgehead atoms. The number of thiazole rings is 1. The molecule has 42 heavy (non-hydrogen) atoms. The van der Waals surface area contributed by atoms with Gasteiger partial charge in [-0.05, 0) is 88.7 Å². The molecule has 0 radical (unpaired) electrons. The van der Waals surface area contributed by atoms with Gasteiger partial charge in [0.15, 0.2) is 11.4 Å². The lowest BCUT2D eigenvalue weighted by molar-refractivity contribution is -0.145. The quantitative estimate of drug-likeness (QED) is 0.171. The van der Waals surface area contributed by atoms with Gasteiger partial charge in [0.1, 0.15) is 11.8 Å². The molecule has 0 spiro atoms. The normalized spacial score (nSPS) is 14.8. The van der Waals surface area contributed by atoms with Crippen LogP contribution in [0.15, 0.2) is 75.3 Å². The molecule has 1 atom stereocenters. The smallest absolute Gasteiger partial charge is 0.344 e. The number of hydrogen-bond acceptors (Lipinski definition) is 9. The van der Waals surface area contributed by atoms with Gasteiger partial charge < -0.3 is 14.2 Å². The molecule has 0 saturated carbocycles. The lowest BCUT2D eigenvalue weighted by Crippen LogP contribution is -2.39. The van der Waals surface area contributed by atoms with Crippen molar-refractivity contribution >= 4 is 91.6 Å². The van der Waals surface area contributed by atoms with Crippen LogP contribution in [-0.4, -0.2) is 36.3 Å². The molecule has 5 rings (SSSR count). The molecule has 0 saturated heterocycles. The lowest BCUT2D eigenvalue weighted by atomic mass is 9.97. The molecular formula is C30H24I2N2O6S2. The number of halogens is 2. The van der Waals surface area contributed by atoms with Gasteiger partial charge in [0.25, 0.3) is 5.56 Å². The monoisotopic (exact) mass is 826 g/mol. The third-order valence-corrected chi connectivity index (χ3v) is 9.48. The number of hydrogen-bond donors (Lipinski definition) is 0. The van der Waals surface area contributed by atoms with Crippen molar-refractivity contribution in [3.05, 3.63) is 108 Å². The molecule has 0 N–H and O–H groups in total. The summed E-state index contributed by atoms with van der Waals surface area (Å²) in [6.45, 7) is 3.67. The zero-order valence-electron chi connectivity index (χ0n) is 22.5. The van der Waals surface area contributed by atoms with E-state index in [1.807, 2.05) is 60.0 Å². The summed E-state index contributed by atoms with van der Waals surface area (Å²) in [4.78, 5) is 45.8. The summed E-state index contributed by atoms with van der Waals surface area (Å²) in [5.74, 6) is -0.524. The van der Waals surface area contributed by atoms with Gasteiger partial charge in [-0.15, -0.1) is 11.3 Å². The second kappa shape index (κ2) is 13.7. The van der Waals surface area contributed by atoms with E-state index in [2.05, 4.69) is 45.2 Å². The summed E-state index contributed by atoms with van der Waals surface area (Å²) < 4.78 is 20.1. The first-order chi connectivity index (χ1) is 20.3. The standard InChI is InChI=1S/C30H24I2N2O6S2/c1-3-38-23(35)16-40-27-18(13-19(31)15-20(27)32)14-22-28(36)34-26(21-11-8-12-41-21)24(29(37)39-4-2)25(33-30(34)42-22)17-9-6-5-7-10-17/h5-15,26H,3-4,16H2,1-2H3/b22-14-/t26-/m1/s1. The first kappa shape index (κ1) is 30.6. The number of rotatable bonds is 9. The van der Waals surface area contributed by atoms with Crippen molar-refractivity contribution in [1.29, 1.82) is 0 Å². The Labute approximate surface area is 276 Å². The average Bonchev–Trinajstić information content (AvgIpc) is 3.61. The largest absolute Gasteiger partial charge is 0.480 e. The van der Waals surface area contributed by atoms with Gasteiger partial charge in [0.2, 0.25) is 0 Å². The Morgan fingerprint density at radius 3 is 2.50 bits per heavy atom. The number of nitrogens with zero attached hydrogens (tertiary/aromatic N) is 2. The number of carbonyl (C=O) groups is 2. The van der Waals surface area contributed by atoms with Crippen LogP contribution in [0, 0.1) is 7.14 Å². The van der Waals surface area contributed by atoms with E-state index in [1.165, 1.54) is 22.7 Å². The number of aromatic nitrogens is 1. The van der Waals surface area contributed by atoms with E-state index < -0.39 is 18.0 Å². The third-order valence-electron chi connectivity index (χ3n) is 6.15. The van der Waals surface area contributed by atoms with Crippen LogP contribution in [0.3, 0.4) is 0 Å². The molecule has 3 heterocycles. The summed E-state index contributed by atoms with van der Waals surface area (Å²) in [5.41, 5.74) is 1.88. The van der Waals surface area contributed by atoms with Crippen LogP contribution in [0.25, 0.3) is 11.8 Å². The molecule has 2 aromatic heterocycles. The maximum absolute atomic E-state index is 14.1.